The molecule has 0 amide bonds. The first-order chi connectivity index (χ1) is 6.97. The van der Waals surface area contributed by atoms with Gasteiger partial charge in [0.05, 0.1) is 6.04 Å². The Kier molecular flexibility index (Phi) is 2.99. The van der Waals surface area contributed by atoms with Crippen LogP contribution in [0.2, 0.25) is 0 Å². The molecule has 1 heterocycles. The minimum absolute atomic E-state index is 0.287. The van der Waals surface area contributed by atoms with Gasteiger partial charge in [0, 0.05) is 17.2 Å². The molecule has 1 unspecified atom stereocenters. The lowest BCUT2D eigenvalue weighted by molar-refractivity contribution is -0.109. The largest absolute Gasteiger partial charge is 0.413 e. The monoisotopic (exact) mass is 233 g/mol. The van der Waals surface area contributed by atoms with Crippen LogP contribution in [0.15, 0.2) is 16.6 Å². The summed E-state index contributed by atoms with van der Waals surface area (Å²) in [6.45, 7) is 8.96. The van der Waals surface area contributed by atoms with E-state index >= 15 is 0 Å². The van der Waals surface area contributed by atoms with Crippen molar-refractivity contribution in [1.29, 1.82) is 0 Å². The minimum atomic E-state index is -4.28. The lowest BCUT2D eigenvalue weighted by atomic mass is 9.66. The van der Waals surface area contributed by atoms with E-state index in [4.69, 9.17) is 0 Å². The molecule has 0 aromatic heterocycles. The average molecular weight is 233 g/mol. The molecule has 0 spiro atoms. The van der Waals surface area contributed by atoms with Gasteiger partial charge < -0.3 is 0 Å². The summed E-state index contributed by atoms with van der Waals surface area (Å²) in [5, 5.41) is 0. The first kappa shape index (κ1) is 13.3. The van der Waals surface area contributed by atoms with Gasteiger partial charge in [0.15, 0.2) is 0 Å². The Morgan fingerprint density at radius 2 is 1.69 bits per heavy atom. The van der Waals surface area contributed by atoms with E-state index in [0.29, 0.717) is 0 Å². The zero-order valence-corrected chi connectivity index (χ0v) is 10.3. The normalized spacial score (nSPS) is 25.5. The Hall–Kier alpha value is -0.800. The fraction of sp³-hybridized carbons (Fsp3) is 0.750. The highest BCUT2D eigenvalue weighted by Crippen LogP contribution is 2.48. The van der Waals surface area contributed by atoms with Gasteiger partial charge in [-0.2, -0.15) is 13.2 Å². The van der Waals surface area contributed by atoms with Crippen molar-refractivity contribution in [3.63, 3.8) is 0 Å². The van der Waals surface area contributed by atoms with Crippen LogP contribution in [0.5, 0.6) is 0 Å². The van der Waals surface area contributed by atoms with Gasteiger partial charge in [-0.05, 0) is 11.5 Å². The van der Waals surface area contributed by atoms with Crippen LogP contribution in [0, 0.1) is 10.8 Å². The molecule has 1 rings (SSSR count). The summed E-state index contributed by atoms with van der Waals surface area (Å²) in [5.74, 6) is 0. The smallest absolute Gasteiger partial charge is 0.288 e. The molecule has 1 aliphatic rings. The number of alkyl halides is 3. The molecular formula is C12H18F3N. The molecule has 0 radical (unpaired) electrons. The van der Waals surface area contributed by atoms with Crippen LogP contribution in [0.3, 0.4) is 0 Å². The predicted molar refractivity (Wildman–Crippen MR) is 59.7 cm³/mol. The highest BCUT2D eigenvalue weighted by atomic mass is 19.4. The topological polar surface area (TPSA) is 12.4 Å². The molecule has 0 saturated carbocycles. The van der Waals surface area contributed by atoms with E-state index in [2.05, 4.69) is 4.99 Å². The number of nitrogens with zero attached hydrogens (tertiary/aromatic N) is 1. The Labute approximate surface area is 94.5 Å². The minimum Gasteiger partial charge on any atom is -0.288 e. The van der Waals surface area contributed by atoms with Crippen LogP contribution in [-0.2, 0) is 0 Å². The van der Waals surface area contributed by atoms with E-state index in [1.807, 2.05) is 20.8 Å². The number of allylic oxidation sites excluding steroid dienone is 1. The molecule has 0 bridgehead atoms. The summed E-state index contributed by atoms with van der Waals surface area (Å²) in [4.78, 5) is 4.22. The van der Waals surface area contributed by atoms with Crippen molar-refractivity contribution in [2.24, 2.45) is 15.8 Å². The molecule has 0 saturated heterocycles. The molecule has 0 aromatic carbocycles. The van der Waals surface area contributed by atoms with Crippen LogP contribution >= 0.6 is 0 Å². The molecule has 0 aliphatic carbocycles. The molecule has 4 heteroatoms. The maximum Gasteiger partial charge on any atom is 0.413 e. The third-order valence-corrected chi connectivity index (χ3v) is 2.98. The number of hydrogen-bond donors (Lipinski definition) is 0. The molecule has 0 fully saturated rings. The fourth-order valence-corrected chi connectivity index (χ4v) is 2.52. The number of dihydropyridines is 1. The Bertz CT molecular complexity index is 329. The van der Waals surface area contributed by atoms with Gasteiger partial charge in [0.1, 0.15) is 0 Å². The summed E-state index contributed by atoms with van der Waals surface area (Å²) in [5.41, 5.74) is -1.76. The van der Waals surface area contributed by atoms with Gasteiger partial charge in [0.25, 0.3) is 0 Å². The van der Waals surface area contributed by atoms with Crippen LogP contribution in [0.4, 0.5) is 13.2 Å². The van der Waals surface area contributed by atoms with E-state index in [9.17, 15) is 13.2 Å². The maximum absolute atomic E-state index is 12.9. The average Bonchev–Trinajstić information content (AvgIpc) is 1.97. The number of rotatable bonds is 0. The van der Waals surface area contributed by atoms with Crippen molar-refractivity contribution in [3.05, 3.63) is 11.6 Å². The summed E-state index contributed by atoms with van der Waals surface area (Å²) in [6, 6.07) is -0.360. The van der Waals surface area contributed by atoms with Gasteiger partial charge in [-0.3, -0.25) is 4.99 Å². The SMILES string of the molecule is CC(C)(C)C1N=CC=C(C(F)(F)F)C1(C)C. The molecule has 1 atom stereocenters. The van der Waals surface area contributed by atoms with Crippen molar-refractivity contribution in [3.8, 4) is 0 Å². The third-order valence-electron chi connectivity index (χ3n) is 2.98. The number of aliphatic imine (C=N–C) groups is 1. The predicted octanol–water partition coefficient (Wildman–Crippen LogP) is 4.00. The first-order valence-electron chi connectivity index (χ1n) is 5.28. The quantitative estimate of drug-likeness (QED) is 0.599. The van der Waals surface area contributed by atoms with Crippen molar-refractivity contribution in [2.75, 3.05) is 0 Å². The highest BCUT2D eigenvalue weighted by Gasteiger charge is 2.50. The second-order valence-corrected chi connectivity index (χ2v) is 5.87. The molecule has 0 N–H and O–H groups in total. The van der Waals surface area contributed by atoms with Crippen molar-refractivity contribution < 1.29 is 13.2 Å². The van der Waals surface area contributed by atoms with Crippen molar-refractivity contribution >= 4 is 6.21 Å². The number of hydrogen-bond acceptors (Lipinski definition) is 1. The summed E-state index contributed by atoms with van der Waals surface area (Å²) < 4.78 is 38.6. The second-order valence-electron chi connectivity index (χ2n) is 5.87. The van der Waals surface area contributed by atoms with E-state index < -0.39 is 17.2 Å². The van der Waals surface area contributed by atoms with Gasteiger partial charge in [-0.15, -0.1) is 0 Å². The first-order valence-corrected chi connectivity index (χ1v) is 5.28. The molecule has 0 aromatic rings. The zero-order valence-electron chi connectivity index (χ0n) is 10.3. The second kappa shape index (κ2) is 3.60. The van der Waals surface area contributed by atoms with Crippen LogP contribution < -0.4 is 0 Å². The lowest BCUT2D eigenvalue weighted by Crippen LogP contribution is -2.45. The van der Waals surface area contributed by atoms with Crippen molar-refractivity contribution in [1.82, 2.24) is 0 Å². The van der Waals surface area contributed by atoms with E-state index in [0.717, 1.165) is 6.08 Å². The molecule has 16 heavy (non-hydrogen) atoms. The van der Waals surface area contributed by atoms with Gasteiger partial charge in [0.2, 0.25) is 0 Å². The summed E-state index contributed by atoms with van der Waals surface area (Å²) in [7, 11) is 0. The highest BCUT2D eigenvalue weighted by molar-refractivity contribution is 5.75. The number of halogens is 3. The van der Waals surface area contributed by atoms with E-state index in [1.54, 1.807) is 13.8 Å². The fourth-order valence-electron chi connectivity index (χ4n) is 2.52. The van der Waals surface area contributed by atoms with Crippen LogP contribution in [-0.4, -0.2) is 18.4 Å². The van der Waals surface area contributed by atoms with Crippen molar-refractivity contribution in [2.45, 2.75) is 46.8 Å². The molecule has 1 nitrogen and oxygen atoms in total. The Morgan fingerprint density at radius 3 is 2.06 bits per heavy atom. The van der Waals surface area contributed by atoms with Gasteiger partial charge >= 0.3 is 6.18 Å². The van der Waals surface area contributed by atoms with E-state index in [1.165, 1.54) is 6.21 Å². The molecule has 92 valence electrons. The van der Waals surface area contributed by atoms with Crippen LogP contribution in [0.25, 0.3) is 0 Å². The maximum atomic E-state index is 12.9. The Morgan fingerprint density at radius 1 is 1.19 bits per heavy atom. The molecular weight excluding hydrogens is 215 g/mol. The summed E-state index contributed by atoms with van der Waals surface area (Å²) >= 11 is 0. The standard InChI is InChI=1S/C12H18F3N/c1-10(2,3)9-11(4,5)8(6-7-16-9)12(13,14)15/h6-7,9H,1-5H3. The molecule has 1 aliphatic heterocycles. The third kappa shape index (κ3) is 2.30. The van der Waals surface area contributed by atoms with Gasteiger partial charge in [-0.1, -0.05) is 34.6 Å². The lowest BCUT2D eigenvalue weighted by Gasteiger charge is -2.43. The van der Waals surface area contributed by atoms with Crippen LogP contribution in [0.1, 0.15) is 34.6 Å². The zero-order chi connectivity index (χ0) is 12.8. The summed E-state index contributed by atoms with van der Waals surface area (Å²) in [6.07, 6.45) is -1.91. The van der Waals surface area contributed by atoms with Gasteiger partial charge in [-0.25, -0.2) is 0 Å². The Balaban J connectivity index is 3.19. The van der Waals surface area contributed by atoms with E-state index in [-0.39, 0.29) is 11.5 Å².